The van der Waals surface area contributed by atoms with E-state index < -0.39 is 0 Å². The van der Waals surface area contributed by atoms with Gasteiger partial charge in [0.25, 0.3) is 5.56 Å². The molecule has 0 bridgehead atoms. The third kappa shape index (κ3) is 2.94. The molecular weight excluding hydrogens is 268 g/mol. The zero-order valence-corrected chi connectivity index (χ0v) is 11.7. The predicted molar refractivity (Wildman–Crippen MR) is 74.5 cm³/mol. The van der Waals surface area contributed by atoms with Gasteiger partial charge in [0.15, 0.2) is 0 Å². The maximum atomic E-state index is 11.3. The molecule has 0 atom stereocenters. The number of nitrogens with zero attached hydrogens (tertiary/aromatic N) is 1. The summed E-state index contributed by atoms with van der Waals surface area (Å²) in [6.07, 6.45) is 1.36. The Kier molecular flexibility index (Phi) is 4.09. The first kappa shape index (κ1) is 13.2. The van der Waals surface area contributed by atoms with Gasteiger partial charge < -0.3 is 4.98 Å². The molecule has 0 fully saturated rings. The standard InChI is InChI=1S/C13H13ClN2OS/c1-8(2)9-3-5-10(6-4-9)18-13-11(14)12(17)15-7-16-13/h3-8H,1-2H3,(H,15,16,17). The van der Waals surface area contributed by atoms with Gasteiger partial charge in [-0.1, -0.05) is 49.3 Å². The lowest BCUT2D eigenvalue weighted by atomic mass is 10.0. The molecule has 0 spiro atoms. The van der Waals surface area contributed by atoms with E-state index in [0.29, 0.717) is 10.9 Å². The molecule has 0 aliphatic heterocycles. The molecule has 0 aliphatic rings. The van der Waals surface area contributed by atoms with Gasteiger partial charge in [-0.3, -0.25) is 4.79 Å². The van der Waals surface area contributed by atoms with Gasteiger partial charge in [0.1, 0.15) is 10.0 Å². The van der Waals surface area contributed by atoms with E-state index >= 15 is 0 Å². The van der Waals surface area contributed by atoms with E-state index in [9.17, 15) is 4.79 Å². The first-order valence-corrected chi connectivity index (χ1v) is 6.78. The number of benzene rings is 1. The molecule has 0 unspecified atom stereocenters. The summed E-state index contributed by atoms with van der Waals surface area (Å²) >= 11 is 7.28. The number of hydrogen-bond acceptors (Lipinski definition) is 3. The number of nitrogens with one attached hydrogen (secondary N) is 1. The molecule has 1 N–H and O–H groups in total. The minimum absolute atomic E-state index is 0.135. The highest BCUT2D eigenvalue weighted by Gasteiger charge is 2.08. The van der Waals surface area contributed by atoms with E-state index in [2.05, 4.69) is 35.9 Å². The van der Waals surface area contributed by atoms with E-state index in [4.69, 9.17) is 11.6 Å². The second kappa shape index (κ2) is 5.59. The molecule has 18 heavy (non-hydrogen) atoms. The van der Waals surface area contributed by atoms with Crippen molar-refractivity contribution < 1.29 is 0 Å². The van der Waals surface area contributed by atoms with Gasteiger partial charge in [-0.15, -0.1) is 0 Å². The highest BCUT2D eigenvalue weighted by Crippen LogP contribution is 2.30. The summed E-state index contributed by atoms with van der Waals surface area (Å²) < 4.78 is 0. The highest BCUT2D eigenvalue weighted by molar-refractivity contribution is 7.99. The van der Waals surface area contributed by atoms with Crippen molar-refractivity contribution in [2.45, 2.75) is 29.7 Å². The van der Waals surface area contributed by atoms with Gasteiger partial charge in [0.05, 0.1) is 6.33 Å². The van der Waals surface area contributed by atoms with Crippen LogP contribution in [0.4, 0.5) is 0 Å². The van der Waals surface area contributed by atoms with E-state index in [1.165, 1.54) is 23.7 Å². The van der Waals surface area contributed by atoms with Crippen LogP contribution in [0.3, 0.4) is 0 Å². The number of aromatic amines is 1. The average molecular weight is 281 g/mol. The molecule has 0 saturated carbocycles. The monoisotopic (exact) mass is 280 g/mol. The quantitative estimate of drug-likeness (QED) is 0.872. The van der Waals surface area contributed by atoms with Crippen LogP contribution >= 0.6 is 23.4 Å². The van der Waals surface area contributed by atoms with E-state index in [1.807, 2.05) is 12.1 Å². The summed E-state index contributed by atoms with van der Waals surface area (Å²) in [6.45, 7) is 4.30. The van der Waals surface area contributed by atoms with Crippen molar-refractivity contribution >= 4 is 23.4 Å². The zero-order chi connectivity index (χ0) is 13.1. The predicted octanol–water partition coefficient (Wildman–Crippen LogP) is 3.70. The number of hydrogen-bond donors (Lipinski definition) is 1. The zero-order valence-electron chi connectivity index (χ0n) is 10.1. The lowest BCUT2D eigenvalue weighted by molar-refractivity contribution is 0.865. The van der Waals surface area contributed by atoms with Gasteiger partial charge in [0, 0.05) is 4.90 Å². The number of aromatic nitrogens is 2. The minimum atomic E-state index is -0.312. The van der Waals surface area contributed by atoms with Crippen LogP contribution < -0.4 is 5.56 Å². The summed E-state index contributed by atoms with van der Waals surface area (Å²) in [5.41, 5.74) is 0.970. The molecule has 94 valence electrons. The Bertz CT molecular complexity index is 593. The number of H-pyrrole nitrogens is 1. The molecule has 0 amide bonds. The molecule has 1 aromatic heterocycles. The Morgan fingerprint density at radius 3 is 2.56 bits per heavy atom. The molecule has 1 heterocycles. The maximum Gasteiger partial charge on any atom is 0.270 e. The maximum absolute atomic E-state index is 11.3. The van der Waals surface area contributed by atoms with E-state index in [1.54, 1.807) is 0 Å². The van der Waals surface area contributed by atoms with Crippen LogP contribution in [0.5, 0.6) is 0 Å². The van der Waals surface area contributed by atoms with Crippen molar-refractivity contribution in [3.05, 3.63) is 51.5 Å². The molecular formula is C13H13ClN2OS. The third-order valence-electron chi connectivity index (χ3n) is 2.53. The van der Waals surface area contributed by atoms with Crippen molar-refractivity contribution in [3.63, 3.8) is 0 Å². The molecule has 2 rings (SSSR count). The minimum Gasteiger partial charge on any atom is -0.312 e. The summed E-state index contributed by atoms with van der Waals surface area (Å²) in [5.74, 6) is 0.505. The Balaban J connectivity index is 2.24. The molecule has 0 aliphatic carbocycles. The molecule has 0 saturated heterocycles. The largest absolute Gasteiger partial charge is 0.312 e. The fraction of sp³-hybridized carbons (Fsp3) is 0.231. The molecule has 2 aromatic rings. The number of halogens is 1. The van der Waals surface area contributed by atoms with Crippen LogP contribution in [0.15, 0.2) is 45.3 Å². The average Bonchev–Trinajstić information content (AvgIpc) is 2.36. The first-order chi connectivity index (χ1) is 8.58. The van der Waals surface area contributed by atoms with Gasteiger partial charge in [-0.25, -0.2) is 4.98 Å². The fourth-order valence-corrected chi connectivity index (χ4v) is 2.47. The third-order valence-corrected chi connectivity index (χ3v) is 4.00. The smallest absolute Gasteiger partial charge is 0.270 e. The van der Waals surface area contributed by atoms with Gasteiger partial charge >= 0.3 is 0 Å². The summed E-state index contributed by atoms with van der Waals surface area (Å²) in [6, 6.07) is 8.18. The Morgan fingerprint density at radius 2 is 1.94 bits per heavy atom. The van der Waals surface area contributed by atoms with Crippen LogP contribution in [0, 0.1) is 0 Å². The summed E-state index contributed by atoms with van der Waals surface area (Å²) in [5, 5.41) is 0.660. The van der Waals surface area contributed by atoms with Crippen molar-refractivity contribution in [1.82, 2.24) is 9.97 Å². The second-order valence-corrected chi connectivity index (χ2v) is 5.62. The Labute approximate surface area is 115 Å². The van der Waals surface area contributed by atoms with Crippen molar-refractivity contribution in [1.29, 1.82) is 0 Å². The number of rotatable bonds is 3. The first-order valence-electron chi connectivity index (χ1n) is 5.59. The van der Waals surface area contributed by atoms with Crippen LogP contribution in [0.2, 0.25) is 5.02 Å². The van der Waals surface area contributed by atoms with Crippen molar-refractivity contribution in [3.8, 4) is 0 Å². The van der Waals surface area contributed by atoms with Crippen LogP contribution in [0.25, 0.3) is 0 Å². The van der Waals surface area contributed by atoms with E-state index in [-0.39, 0.29) is 10.6 Å². The topological polar surface area (TPSA) is 45.8 Å². The fourth-order valence-electron chi connectivity index (χ4n) is 1.47. The van der Waals surface area contributed by atoms with Crippen LogP contribution in [-0.2, 0) is 0 Å². The molecule has 3 nitrogen and oxygen atoms in total. The Morgan fingerprint density at radius 1 is 1.28 bits per heavy atom. The molecule has 1 aromatic carbocycles. The normalized spacial score (nSPS) is 10.9. The summed E-state index contributed by atoms with van der Waals surface area (Å²) in [7, 11) is 0. The van der Waals surface area contributed by atoms with Gasteiger partial charge in [-0.2, -0.15) is 0 Å². The van der Waals surface area contributed by atoms with E-state index in [0.717, 1.165) is 4.90 Å². The van der Waals surface area contributed by atoms with Gasteiger partial charge in [0.2, 0.25) is 0 Å². The van der Waals surface area contributed by atoms with Gasteiger partial charge in [-0.05, 0) is 23.6 Å². The lowest BCUT2D eigenvalue weighted by Gasteiger charge is -2.06. The molecule has 5 heteroatoms. The second-order valence-electron chi connectivity index (χ2n) is 4.18. The molecule has 0 radical (unpaired) electrons. The SMILES string of the molecule is CC(C)c1ccc(Sc2nc[nH]c(=O)c2Cl)cc1. The highest BCUT2D eigenvalue weighted by atomic mass is 35.5. The van der Waals surface area contributed by atoms with Crippen LogP contribution in [-0.4, -0.2) is 9.97 Å². The Hall–Kier alpha value is -1.26. The van der Waals surface area contributed by atoms with Crippen LogP contribution in [0.1, 0.15) is 25.3 Å². The van der Waals surface area contributed by atoms with Crippen molar-refractivity contribution in [2.24, 2.45) is 0 Å². The van der Waals surface area contributed by atoms with Crippen molar-refractivity contribution in [2.75, 3.05) is 0 Å². The summed E-state index contributed by atoms with van der Waals surface area (Å²) in [4.78, 5) is 18.9. The lowest BCUT2D eigenvalue weighted by Crippen LogP contribution is -2.07.